The van der Waals surface area contributed by atoms with Crippen molar-refractivity contribution in [2.24, 2.45) is 0 Å². The zero-order valence-corrected chi connectivity index (χ0v) is 13.8. The third-order valence-electron chi connectivity index (χ3n) is 3.67. The first-order chi connectivity index (χ1) is 12.2. The number of methoxy groups -OCH3 is 1. The molecule has 0 saturated heterocycles. The van der Waals surface area contributed by atoms with Gasteiger partial charge in [-0.3, -0.25) is 0 Å². The lowest BCUT2D eigenvalue weighted by atomic mass is 10.1. The summed E-state index contributed by atoms with van der Waals surface area (Å²) >= 11 is 0. The molecule has 3 rings (SSSR count). The molecule has 0 radical (unpaired) electrons. The van der Waals surface area contributed by atoms with Gasteiger partial charge in [-0.1, -0.05) is 30.3 Å². The number of rotatable bonds is 6. The summed E-state index contributed by atoms with van der Waals surface area (Å²) in [7, 11) is 1.60. The number of amides is 2. The van der Waals surface area contributed by atoms with E-state index in [1.54, 1.807) is 48.6 Å². The molecule has 3 aromatic rings. The predicted molar refractivity (Wildman–Crippen MR) is 94.4 cm³/mol. The molecule has 1 atom stereocenters. The fraction of sp³-hybridized carbons (Fsp3) is 0.167. The number of hydrogen-bond donors (Lipinski definition) is 2. The summed E-state index contributed by atoms with van der Waals surface area (Å²) in [6.45, 7) is 0.438. The molecule has 7 heteroatoms. The van der Waals surface area contributed by atoms with Crippen LogP contribution < -0.4 is 15.4 Å². The Bertz CT molecular complexity index is 788. The maximum absolute atomic E-state index is 12.4. The summed E-state index contributed by atoms with van der Waals surface area (Å²) in [5, 5.41) is 14.0. The van der Waals surface area contributed by atoms with Gasteiger partial charge in [0.05, 0.1) is 32.1 Å². The molecule has 0 aliphatic carbocycles. The van der Waals surface area contributed by atoms with E-state index in [9.17, 15) is 4.79 Å². The van der Waals surface area contributed by atoms with Crippen molar-refractivity contribution in [3.8, 4) is 5.75 Å². The highest BCUT2D eigenvalue weighted by Gasteiger charge is 2.16. The van der Waals surface area contributed by atoms with Crippen LogP contribution >= 0.6 is 0 Å². The summed E-state index contributed by atoms with van der Waals surface area (Å²) in [6.07, 6.45) is 3.22. The van der Waals surface area contributed by atoms with E-state index < -0.39 is 0 Å². The van der Waals surface area contributed by atoms with E-state index in [-0.39, 0.29) is 12.1 Å². The maximum atomic E-state index is 12.4. The Kier molecular flexibility index (Phi) is 5.26. The largest absolute Gasteiger partial charge is 0.497 e. The van der Waals surface area contributed by atoms with E-state index in [0.717, 1.165) is 11.3 Å². The first-order valence-electron chi connectivity index (χ1n) is 7.85. The summed E-state index contributed by atoms with van der Waals surface area (Å²) in [4.78, 5) is 13.9. The SMILES string of the molecule is COc1ccc(NC(=O)NC(Cn2nccn2)c2ccccc2)cc1. The van der Waals surface area contributed by atoms with Crippen LogP contribution in [0.25, 0.3) is 0 Å². The number of anilines is 1. The zero-order chi connectivity index (χ0) is 17.5. The van der Waals surface area contributed by atoms with Crippen LogP contribution in [-0.4, -0.2) is 28.1 Å². The van der Waals surface area contributed by atoms with E-state index in [1.807, 2.05) is 30.3 Å². The van der Waals surface area contributed by atoms with Gasteiger partial charge < -0.3 is 15.4 Å². The van der Waals surface area contributed by atoms with Crippen molar-refractivity contribution >= 4 is 11.7 Å². The molecule has 2 N–H and O–H groups in total. The Morgan fingerprint density at radius 1 is 1.08 bits per heavy atom. The lowest BCUT2D eigenvalue weighted by Gasteiger charge is -2.19. The lowest BCUT2D eigenvalue weighted by Crippen LogP contribution is -2.35. The molecule has 128 valence electrons. The minimum Gasteiger partial charge on any atom is -0.497 e. The molecule has 0 saturated carbocycles. The Hall–Kier alpha value is -3.35. The van der Waals surface area contributed by atoms with Crippen LogP contribution in [0.3, 0.4) is 0 Å². The minimum atomic E-state index is -0.300. The van der Waals surface area contributed by atoms with Crippen molar-refractivity contribution < 1.29 is 9.53 Å². The lowest BCUT2D eigenvalue weighted by molar-refractivity contribution is 0.246. The van der Waals surface area contributed by atoms with Crippen molar-refractivity contribution in [2.45, 2.75) is 12.6 Å². The third kappa shape index (κ3) is 4.57. The van der Waals surface area contributed by atoms with Crippen molar-refractivity contribution in [1.29, 1.82) is 0 Å². The van der Waals surface area contributed by atoms with Gasteiger partial charge in [0.2, 0.25) is 0 Å². The van der Waals surface area contributed by atoms with Gasteiger partial charge in [0.1, 0.15) is 5.75 Å². The van der Waals surface area contributed by atoms with Crippen LogP contribution in [0.15, 0.2) is 67.0 Å². The summed E-state index contributed by atoms with van der Waals surface area (Å²) < 4.78 is 5.11. The average Bonchev–Trinajstić information content (AvgIpc) is 3.16. The zero-order valence-electron chi connectivity index (χ0n) is 13.8. The second-order valence-electron chi connectivity index (χ2n) is 5.37. The Morgan fingerprint density at radius 2 is 1.76 bits per heavy atom. The van der Waals surface area contributed by atoms with Crippen molar-refractivity contribution in [2.75, 3.05) is 12.4 Å². The highest BCUT2D eigenvalue weighted by Crippen LogP contribution is 2.17. The smallest absolute Gasteiger partial charge is 0.319 e. The van der Waals surface area contributed by atoms with Crippen molar-refractivity contribution in [3.63, 3.8) is 0 Å². The second-order valence-corrected chi connectivity index (χ2v) is 5.37. The number of ether oxygens (including phenoxy) is 1. The molecule has 2 aromatic carbocycles. The number of aromatic nitrogens is 3. The van der Waals surface area contributed by atoms with Gasteiger partial charge in [-0.05, 0) is 29.8 Å². The van der Waals surface area contributed by atoms with Crippen LogP contribution in [0.1, 0.15) is 11.6 Å². The topological polar surface area (TPSA) is 81.1 Å². The standard InChI is InChI=1S/C18H19N5O2/c1-25-16-9-7-15(8-10-16)21-18(24)22-17(13-23-19-11-12-20-23)14-5-3-2-4-6-14/h2-12,17H,13H2,1H3,(H2,21,22,24). The van der Waals surface area contributed by atoms with E-state index in [4.69, 9.17) is 4.74 Å². The monoisotopic (exact) mass is 337 g/mol. The molecule has 1 heterocycles. The van der Waals surface area contributed by atoms with E-state index in [1.165, 1.54) is 0 Å². The van der Waals surface area contributed by atoms with Crippen LogP contribution in [0.4, 0.5) is 10.5 Å². The second kappa shape index (κ2) is 7.96. The minimum absolute atomic E-state index is 0.258. The first-order valence-corrected chi connectivity index (χ1v) is 7.85. The molecule has 1 unspecified atom stereocenters. The van der Waals surface area contributed by atoms with Gasteiger partial charge in [-0.15, -0.1) is 0 Å². The van der Waals surface area contributed by atoms with E-state index >= 15 is 0 Å². The number of nitrogens with one attached hydrogen (secondary N) is 2. The summed E-state index contributed by atoms with van der Waals surface area (Å²) in [6, 6.07) is 16.3. The highest BCUT2D eigenvalue weighted by molar-refractivity contribution is 5.89. The normalized spacial score (nSPS) is 11.6. The van der Waals surface area contributed by atoms with Gasteiger partial charge >= 0.3 is 6.03 Å². The number of benzene rings is 2. The Balaban J connectivity index is 1.69. The summed E-state index contributed by atoms with van der Waals surface area (Å²) in [5.74, 6) is 0.734. The fourth-order valence-corrected chi connectivity index (χ4v) is 2.42. The molecule has 2 amide bonds. The fourth-order valence-electron chi connectivity index (χ4n) is 2.42. The predicted octanol–water partition coefficient (Wildman–Crippen LogP) is 2.85. The molecule has 0 fully saturated rings. The molecule has 1 aromatic heterocycles. The molecule has 0 aliphatic rings. The van der Waals surface area contributed by atoms with E-state index in [2.05, 4.69) is 20.8 Å². The van der Waals surface area contributed by atoms with Crippen LogP contribution in [0.2, 0.25) is 0 Å². The Morgan fingerprint density at radius 3 is 2.40 bits per heavy atom. The van der Waals surface area contributed by atoms with E-state index in [0.29, 0.717) is 12.2 Å². The molecule has 0 spiro atoms. The van der Waals surface area contributed by atoms with Crippen molar-refractivity contribution in [3.05, 3.63) is 72.6 Å². The molecular formula is C18H19N5O2. The van der Waals surface area contributed by atoms with Crippen LogP contribution in [0, 0.1) is 0 Å². The number of urea groups is 1. The van der Waals surface area contributed by atoms with Gasteiger partial charge in [0.25, 0.3) is 0 Å². The number of nitrogens with zero attached hydrogens (tertiary/aromatic N) is 3. The van der Waals surface area contributed by atoms with Crippen molar-refractivity contribution in [1.82, 2.24) is 20.3 Å². The number of hydrogen-bond acceptors (Lipinski definition) is 4. The molecular weight excluding hydrogens is 318 g/mol. The average molecular weight is 337 g/mol. The highest BCUT2D eigenvalue weighted by atomic mass is 16.5. The maximum Gasteiger partial charge on any atom is 0.319 e. The Labute approximate surface area is 145 Å². The number of carbonyl (C=O) groups excluding carboxylic acids is 1. The third-order valence-corrected chi connectivity index (χ3v) is 3.67. The van der Waals surface area contributed by atoms with Gasteiger partial charge in [0, 0.05) is 5.69 Å². The molecule has 0 aliphatic heterocycles. The molecule has 25 heavy (non-hydrogen) atoms. The van der Waals surface area contributed by atoms with Gasteiger partial charge in [-0.2, -0.15) is 15.0 Å². The van der Waals surface area contributed by atoms with Gasteiger partial charge in [-0.25, -0.2) is 4.79 Å². The molecule has 0 bridgehead atoms. The van der Waals surface area contributed by atoms with Gasteiger partial charge in [0.15, 0.2) is 0 Å². The van der Waals surface area contributed by atoms with Crippen LogP contribution in [0.5, 0.6) is 5.75 Å². The summed E-state index contributed by atoms with van der Waals surface area (Å²) in [5.41, 5.74) is 1.66. The quantitative estimate of drug-likeness (QED) is 0.725. The molecule has 7 nitrogen and oxygen atoms in total. The first kappa shape index (κ1) is 16.5. The van der Waals surface area contributed by atoms with Crippen LogP contribution in [-0.2, 0) is 6.54 Å². The number of carbonyl (C=O) groups is 1.